The van der Waals surface area contributed by atoms with Gasteiger partial charge in [-0.2, -0.15) is 0 Å². The number of nitrogens with one attached hydrogen (secondary N) is 3. The van der Waals surface area contributed by atoms with Gasteiger partial charge in [0.05, 0.1) is 24.1 Å². The minimum atomic E-state index is -0.845. The van der Waals surface area contributed by atoms with Crippen molar-refractivity contribution in [3.8, 4) is 0 Å². The Kier molecular flexibility index (Phi) is 4.66. The van der Waals surface area contributed by atoms with Crippen LogP contribution in [0.2, 0.25) is 0 Å². The lowest BCUT2D eigenvalue weighted by Gasteiger charge is -2.16. The molecule has 0 saturated heterocycles. The number of H-pyrrole nitrogens is 1. The summed E-state index contributed by atoms with van der Waals surface area (Å²) in [6, 6.07) is 6.74. The summed E-state index contributed by atoms with van der Waals surface area (Å²) in [5, 5.41) is 2.75. The van der Waals surface area contributed by atoms with Crippen LogP contribution in [0.1, 0.15) is 5.82 Å². The Morgan fingerprint density at radius 3 is 2.66 bits per heavy atom. The molecule has 12 heteroatoms. The molecule has 0 atom stereocenters. The number of halogens is 3. The van der Waals surface area contributed by atoms with Gasteiger partial charge >= 0.3 is 0 Å². The molecule has 0 aliphatic heterocycles. The lowest BCUT2D eigenvalue weighted by molar-refractivity contribution is 0.583. The number of aromatic amines is 1. The van der Waals surface area contributed by atoms with Crippen LogP contribution in [-0.2, 0) is 6.54 Å². The molecule has 0 fully saturated rings. The smallest absolute Gasteiger partial charge is 0.283 e. The van der Waals surface area contributed by atoms with Crippen LogP contribution in [0.25, 0.3) is 22.1 Å². The Hall–Kier alpha value is -4.48. The predicted molar refractivity (Wildman–Crippen MR) is 110 cm³/mol. The van der Waals surface area contributed by atoms with E-state index in [1.807, 2.05) is 0 Å². The first kappa shape index (κ1) is 19.5. The highest BCUT2D eigenvalue weighted by atomic mass is 19.1. The Labute approximate surface area is 177 Å². The summed E-state index contributed by atoms with van der Waals surface area (Å²) in [6.45, 7) is -0.0440. The number of benzene rings is 2. The average Bonchev–Trinajstić information content (AvgIpc) is 3.23. The number of anilines is 2. The van der Waals surface area contributed by atoms with Crippen molar-refractivity contribution in [1.82, 2.24) is 29.6 Å². The number of nitrogens with zero attached hydrogens (tertiary/aromatic N) is 5. The Morgan fingerprint density at radius 2 is 1.84 bits per heavy atom. The standard InChI is InChI=1S/C20H13F3N8O/c21-10-4-11(22)6-12(5-10)30-31-15(29-14-3-1-2-13(23)16(14)20(31)32)7-24-18-17-19(26-8-25-17)28-9-27-18/h1-6,8-9,30H,7H2,(H2,24,25,26,27,28). The summed E-state index contributed by atoms with van der Waals surface area (Å²) < 4.78 is 42.6. The molecule has 9 nitrogen and oxygen atoms in total. The monoisotopic (exact) mass is 438 g/mol. The third-order valence-electron chi connectivity index (χ3n) is 4.66. The van der Waals surface area contributed by atoms with Crippen LogP contribution in [-0.4, -0.2) is 29.6 Å². The summed E-state index contributed by atoms with van der Waals surface area (Å²) >= 11 is 0. The van der Waals surface area contributed by atoms with Gasteiger partial charge in [-0.25, -0.2) is 37.8 Å². The van der Waals surface area contributed by atoms with Crippen LogP contribution in [0.3, 0.4) is 0 Å². The van der Waals surface area contributed by atoms with E-state index in [0.717, 1.165) is 22.9 Å². The second-order valence-electron chi connectivity index (χ2n) is 6.75. The molecular weight excluding hydrogens is 425 g/mol. The fraction of sp³-hybridized carbons (Fsp3) is 0.0500. The van der Waals surface area contributed by atoms with Gasteiger partial charge in [0, 0.05) is 6.07 Å². The number of aromatic nitrogens is 6. The van der Waals surface area contributed by atoms with E-state index in [9.17, 15) is 18.0 Å². The zero-order valence-electron chi connectivity index (χ0n) is 16.1. The van der Waals surface area contributed by atoms with Crippen molar-refractivity contribution in [2.45, 2.75) is 6.54 Å². The fourth-order valence-electron chi connectivity index (χ4n) is 3.28. The highest BCUT2D eigenvalue weighted by Crippen LogP contribution is 2.18. The molecule has 0 radical (unpaired) electrons. The van der Waals surface area contributed by atoms with Gasteiger partial charge in [-0.3, -0.25) is 10.2 Å². The SMILES string of the molecule is O=c1c2c(F)cccc2nc(CNc2ncnc3nc[nH]c23)n1Nc1cc(F)cc(F)c1. The molecule has 0 unspecified atom stereocenters. The lowest BCUT2D eigenvalue weighted by atomic mass is 10.2. The highest BCUT2D eigenvalue weighted by molar-refractivity contribution is 5.82. The van der Waals surface area contributed by atoms with Gasteiger partial charge < -0.3 is 10.3 Å². The highest BCUT2D eigenvalue weighted by Gasteiger charge is 2.16. The largest absolute Gasteiger partial charge is 0.361 e. The summed E-state index contributed by atoms with van der Waals surface area (Å²) in [5.41, 5.74) is 2.88. The summed E-state index contributed by atoms with van der Waals surface area (Å²) in [4.78, 5) is 32.6. The van der Waals surface area contributed by atoms with Gasteiger partial charge in [0.2, 0.25) is 0 Å². The second kappa shape index (κ2) is 7.65. The molecule has 160 valence electrons. The van der Waals surface area contributed by atoms with Gasteiger partial charge in [-0.05, 0) is 24.3 Å². The molecule has 3 heterocycles. The van der Waals surface area contributed by atoms with Crippen molar-refractivity contribution in [3.05, 3.63) is 82.7 Å². The fourth-order valence-corrected chi connectivity index (χ4v) is 3.28. The van der Waals surface area contributed by atoms with Gasteiger partial charge in [-0.15, -0.1) is 0 Å². The normalized spacial score (nSPS) is 11.2. The maximum atomic E-state index is 14.4. The van der Waals surface area contributed by atoms with Crippen molar-refractivity contribution in [1.29, 1.82) is 0 Å². The van der Waals surface area contributed by atoms with Gasteiger partial charge in [0.25, 0.3) is 5.56 Å². The Morgan fingerprint density at radius 1 is 1.03 bits per heavy atom. The summed E-state index contributed by atoms with van der Waals surface area (Å²) in [6.07, 6.45) is 2.77. The summed E-state index contributed by atoms with van der Waals surface area (Å²) in [5.74, 6) is -1.95. The van der Waals surface area contributed by atoms with Crippen LogP contribution in [0.15, 0.2) is 53.8 Å². The minimum absolute atomic E-state index is 0.0440. The van der Waals surface area contributed by atoms with Gasteiger partial charge in [0.1, 0.15) is 34.7 Å². The van der Waals surface area contributed by atoms with Crippen LogP contribution < -0.4 is 16.3 Å². The molecular formula is C20H13F3N8O. The first-order chi connectivity index (χ1) is 15.5. The van der Waals surface area contributed by atoms with E-state index in [-0.39, 0.29) is 29.0 Å². The van der Waals surface area contributed by atoms with Gasteiger partial charge in [0.15, 0.2) is 17.3 Å². The molecule has 5 aromatic rings. The zero-order valence-corrected chi connectivity index (χ0v) is 16.1. The lowest BCUT2D eigenvalue weighted by Crippen LogP contribution is -2.32. The molecule has 0 spiro atoms. The maximum absolute atomic E-state index is 14.4. The Balaban J connectivity index is 1.60. The molecule has 0 bridgehead atoms. The third-order valence-corrected chi connectivity index (χ3v) is 4.66. The maximum Gasteiger partial charge on any atom is 0.283 e. The van der Waals surface area contributed by atoms with Crippen LogP contribution in [0.5, 0.6) is 0 Å². The molecule has 0 aliphatic carbocycles. The van der Waals surface area contributed by atoms with Crippen molar-refractivity contribution in [2.75, 3.05) is 10.7 Å². The number of rotatable bonds is 5. The molecule has 0 saturated carbocycles. The van der Waals surface area contributed by atoms with Crippen LogP contribution in [0, 0.1) is 17.5 Å². The summed E-state index contributed by atoms with van der Waals surface area (Å²) in [7, 11) is 0. The van der Waals surface area contributed by atoms with Crippen molar-refractivity contribution in [2.24, 2.45) is 0 Å². The van der Waals surface area contributed by atoms with E-state index < -0.39 is 23.0 Å². The Bertz CT molecular complexity index is 1510. The van der Waals surface area contributed by atoms with E-state index in [2.05, 4.69) is 35.7 Å². The quantitative estimate of drug-likeness (QED) is 0.387. The van der Waals surface area contributed by atoms with Gasteiger partial charge in [-0.1, -0.05) is 6.07 Å². The number of fused-ring (bicyclic) bond motifs is 2. The van der Waals surface area contributed by atoms with Crippen molar-refractivity contribution < 1.29 is 13.2 Å². The molecule has 2 aromatic carbocycles. The number of hydrogen-bond acceptors (Lipinski definition) is 7. The molecule has 3 aromatic heterocycles. The van der Waals surface area contributed by atoms with E-state index in [1.54, 1.807) is 0 Å². The van der Waals surface area contributed by atoms with E-state index in [0.29, 0.717) is 23.0 Å². The molecule has 5 rings (SSSR count). The third kappa shape index (κ3) is 3.47. The average molecular weight is 438 g/mol. The number of hydrogen-bond donors (Lipinski definition) is 3. The topological polar surface area (TPSA) is 113 Å². The first-order valence-electron chi connectivity index (χ1n) is 9.31. The first-order valence-corrected chi connectivity index (χ1v) is 9.31. The van der Waals surface area contributed by atoms with Crippen LogP contribution in [0.4, 0.5) is 24.7 Å². The molecule has 0 aliphatic rings. The van der Waals surface area contributed by atoms with E-state index in [1.165, 1.54) is 24.8 Å². The van der Waals surface area contributed by atoms with Crippen molar-refractivity contribution >= 4 is 33.6 Å². The van der Waals surface area contributed by atoms with E-state index >= 15 is 0 Å². The second-order valence-corrected chi connectivity index (χ2v) is 6.75. The minimum Gasteiger partial charge on any atom is -0.361 e. The van der Waals surface area contributed by atoms with Crippen LogP contribution >= 0.6 is 0 Å². The number of imidazole rings is 1. The van der Waals surface area contributed by atoms with Crippen molar-refractivity contribution in [3.63, 3.8) is 0 Å². The molecule has 0 amide bonds. The zero-order chi connectivity index (χ0) is 22.2. The van der Waals surface area contributed by atoms with E-state index in [4.69, 9.17) is 0 Å². The molecule has 3 N–H and O–H groups in total. The predicted octanol–water partition coefficient (Wildman–Crippen LogP) is 2.97. The molecule has 32 heavy (non-hydrogen) atoms.